The normalized spacial score (nSPS) is 11.8. The highest BCUT2D eigenvalue weighted by Gasteiger charge is 2.15. The minimum absolute atomic E-state index is 0.138. The Morgan fingerprint density at radius 1 is 0.952 bits per heavy atom. The van der Waals surface area contributed by atoms with E-state index in [-0.39, 0.29) is 5.75 Å². The molecular formula is C17H21NO2S. The summed E-state index contributed by atoms with van der Waals surface area (Å²) in [6.07, 6.45) is 0. The quantitative estimate of drug-likeness (QED) is 0.823. The number of aryl methyl sites for hydroxylation is 1. The Balaban J connectivity index is 1.95. The smallest absolute Gasteiger partial charge is 0.179 e. The van der Waals surface area contributed by atoms with Crippen LogP contribution in [0.25, 0.3) is 0 Å². The van der Waals surface area contributed by atoms with Gasteiger partial charge in [0.1, 0.15) is 0 Å². The maximum atomic E-state index is 12.2. The van der Waals surface area contributed by atoms with Gasteiger partial charge < -0.3 is 4.90 Å². The van der Waals surface area contributed by atoms with E-state index in [1.165, 1.54) is 11.1 Å². The first-order valence-corrected chi connectivity index (χ1v) is 8.65. The predicted octanol–water partition coefficient (Wildman–Crippen LogP) is 2.90. The average molecular weight is 303 g/mol. The van der Waals surface area contributed by atoms with Gasteiger partial charge in [-0.15, -0.1) is 0 Å². The fourth-order valence-electron chi connectivity index (χ4n) is 2.18. The maximum absolute atomic E-state index is 12.2. The molecule has 0 N–H and O–H groups in total. The number of sulfone groups is 1. The summed E-state index contributed by atoms with van der Waals surface area (Å²) < 4.78 is 24.5. The molecule has 0 spiro atoms. The van der Waals surface area contributed by atoms with Crippen molar-refractivity contribution in [1.29, 1.82) is 0 Å². The van der Waals surface area contributed by atoms with Crippen LogP contribution in [0.3, 0.4) is 0 Å². The molecule has 2 rings (SSSR count). The van der Waals surface area contributed by atoms with Crippen LogP contribution in [-0.4, -0.2) is 32.7 Å². The Bertz CT molecular complexity index is 681. The van der Waals surface area contributed by atoms with Crippen molar-refractivity contribution in [2.75, 3.05) is 19.3 Å². The van der Waals surface area contributed by atoms with Gasteiger partial charge in [-0.05, 0) is 37.2 Å². The molecule has 0 heterocycles. The predicted molar refractivity (Wildman–Crippen MR) is 86.0 cm³/mol. The van der Waals surface area contributed by atoms with Gasteiger partial charge in [0.15, 0.2) is 9.84 Å². The topological polar surface area (TPSA) is 37.4 Å². The zero-order valence-electron chi connectivity index (χ0n) is 12.5. The van der Waals surface area contributed by atoms with Crippen LogP contribution in [0.2, 0.25) is 0 Å². The van der Waals surface area contributed by atoms with Gasteiger partial charge in [0.25, 0.3) is 0 Å². The summed E-state index contributed by atoms with van der Waals surface area (Å²) in [4.78, 5) is 2.44. The minimum Gasteiger partial charge on any atom is -0.301 e. The van der Waals surface area contributed by atoms with E-state index in [1.54, 1.807) is 24.3 Å². The van der Waals surface area contributed by atoms with Gasteiger partial charge in [-0.3, -0.25) is 0 Å². The summed E-state index contributed by atoms with van der Waals surface area (Å²) in [6, 6.07) is 16.8. The molecule has 21 heavy (non-hydrogen) atoms. The molecule has 2 aromatic rings. The van der Waals surface area contributed by atoms with Crippen LogP contribution >= 0.6 is 0 Å². The van der Waals surface area contributed by atoms with Crippen LogP contribution in [0.15, 0.2) is 59.5 Å². The lowest BCUT2D eigenvalue weighted by molar-refractivity contribution is 0.345. The molecule has 0 aliphatic carbocycles. The molecule has 112 valence electrons. The molecular weight excluding hydrogens is 282 g/mol. The van der Waals surface area contributed by atoms with E-state index >= 15 is 0 Å². The maximum Gasteiger partial charge on any atom is 0.179 e. The lowest BCUT2D eigenvalue weighted by atomic mass is 10.1. The van der Waals surface area contributed by atoms with Crippen LogP contribution in [0, 0.1) is 6.92 Å². The summed E-state index contributed by atoms with van der Waals surface area (Å²) in [5.41, 5.74) is 2.47. The summed E-state index contributed by atoms with van der Waals surface area (Å²) >= 11 is 0. The molecule has 0 bridgehead atoms. The van der Waals surface area contributed by atoms with E-state index in [0.29, 0.717) is 11.4 Å². The summed E-state index contributed by atoms with van der Waals surface area (Å²) in [5, 5.41) is 0. The Kier molecular flexibility index (Phi) is 5.15. The zero-order valence-corrected chi connectivity index (χ0v) is 13.3. The number of hydrogen-bond donors (Lipinski definition) is 0. The Morgan fingerprint density at radius 2 is 1.57 bits per heavy atom. The zero-order chi connectivity index (χ0) is 15.3. The Labute approximate surface area is 127 Å². The highest BCUT2D eigenvalue weighted by Crippen LogP contribution is 2.12. The molecule has 0 saturated carbocycles. The lowest BCUT2D eigenvalue weighted by Gasteiger charge is -2.18. The van der Waals surface area contributed by atoms with Crippen LogP contribution in [0.5, 0.6) is 0 Å². The molecule has 0 fully saturated rings. The van der Waals surface area contributed by atoms with E-state index in [1.807, 2.05) is 30.1 Å². The second kappa shape index (κ2) is 6.87. The van der Waals surface area contributed by atoms with Gasteiger partial charge in [0.05, 0.1) is 10.6 Å². The molecule has 2 aromatic carbocycles. The van der Waals surface area contributed by atoms with Crippen molar-refractivity contribution >= 4 is 9.84 Å². The summed E-state index contributed by atoms with van der Waals surface area (Å²) in [5.74, 6) is 0.138. The van der Waals surface area contributed by atoms with E-state index in [4.69, 9.17) is 0 Å². The molecule has 0 aromatic heterocycles. The Hall–Kier alpha value is -1.65. The van der Waals surface area contributed by atoms with Crippen molar-refractivity contribution < 1.29 is 8.42 Å². The van der Waals surface area contributed by atoms with Crippen molar-refractivity contribution in [1.82, 2.24) is 4.90 Å². The third-order valence-electron chi connectivity index (χ3n) is 3.55. The SMILES string of the molecule is Cc1ccccc1CN(C)CCS(=O)(=O)c1ccccc1. The van der Waals surface area contributed by atoms with E-state index in [2.05, 4.69) is 19.1 Å². The first-order valence-electron chi connectivity index (χ1n) is 7.00. The second-order valence-electron chi connectivity index (χ2n) is 5.30. The van der Waals surface area contributed by atoms with Crippen molar-refractivity contribution in [3.63, 3.8) is 0 Å². The monoisotopic (exact) mass is 303 g/mol. The van der Waals surface area contributed by atoms with Gasteiger partial charge in [-0.25, -0.2) is 8.42 Å². The number of nitrogens with zero attached hydrogens (tertiary/aromatic N) is 1. The van der Waals surface area contributed by atoms with E-state index in [9.17, 15) is 8.42 Å². The summed E-state index contributed by atoms with van der Waals surface area (Å²) in [7, 11) is -1.25. The third kappa shape index (κ3) is 4.41. The molecule has 0 aliphatic rings. The van der Waals surface area contributed by atoms with Crippen LogP contribution in [0.4, 0.5) is 0 Å². The lowest BCUT2D eigenvalue weighted by Crippen LogP contribution is -2.25. The molecule has 0 atom stereocenters. The van der Waals surface area contributed by atoms with Gasteiger partial charge in [-0.1, -0.05) is 42.5 Å². The number of rotatable bonds is 6. The van der Waals surface area contributed by atoms with Gasteiger partial charge in [0, 0.05) is 13.1 Å². The molecule has 0 unspecified atom stereocenters. The molecule has 0 amide bonds. The van der Waals surface area contributed by atoms with Crippen molar-refractivity contribution in [2.45, 2.75) is 18.4 Å². The highest BCUT2D eigenvalue weighted by molar-refractivity contribution is 7.91. The first kappa shape index (κ1) is 15.7. The third-order valence-corrected chi connectivity index (χ3v) is 5.26. The largest absolute Gasteiger partial charge is 0.301 e. The van der Waals surface area contributed by atoms with E-state index < -0.39 is 9.84 Å². The van der Waals surface area contributed by atoms with Crippen molar-refractivity contribution in [2.24, 2.45) is 0 Å². The van der Waals surface area contributed by atoms with Gasteiger partial charge in [-0.2, -0.15) is 0 Å². The highest BCUT2D eigenvalue weighted by atomic mass is 32.2. The molecule has 0 radical (unpaired) electrons. The molecule has 0 aliphatic heterocycles. The molecule has 4 heteroatoms. The Morgan fingerprint density at radius 3 is 2.24 bits per heavy atom. The first-order chi connectivity index (χ1) is 9.99. The fraction of sp³-hybridized carbons (Fsp3) is 0.294. The van der Waals surface area contributed by atoms with Gasteiger partial charge in [0.2, 0.25) is 0 Å². The molecule has 3 nitrogen and oxygen atoms in total. The summed E-state index contributed by atoms with van der Waals surface area (Å²) in [6.45, 7) is 3.35. The van der Waals surface area contributed by atoms with Crippen molar-refractivity contribution in [3.8, 4) is 0 Å². The average Bonchev–Trinajstić information content (AvgIpc) is 2.49. The minimum atomic E-state index is -3.20. The number of hydrogen-bond acceptors (Lipinski definition) is 3. The van der Waals surface area contributed by atoms with Crippen LogP contribution in [-0.2, 0) is 16.4 Å². The van der Waals surface area contributed by atoms with E-state index in [0.717, 1.165) is 6.54 Å². The molecule has 0 saturated heterocycles. The van der Waals surface area contributed by atoms with Crippen LogP contribution in [0.1, 0.15) is 11.1 Å². The van der Waals surface area contributed by atoms with Crippen LogP contribution < -0.4 is 0 Å². The standard InChI is InChI=1S/C17H21NO2S/c1-15-8-6-7-9-16(15)14-18(2)12-13-21(19,20)17-10-4-3-5-11-17/h3-11H,12-14H2,1-2H3. The van der Waals surface area contributed by atoms with Crippen molar-refractivity contribution in [3.05, 3.63) is 65.7 Å². The van der Waals surface area contributed by atoms with Gasteiger partial charge >= 0.3 is 0 Å². The number of benzene rings is 2. The second-order valence-corrected chi connectivity index (χ2v) is 7.41. The fourth-order valence-corrected chi connectivity index (χ4v) is 3.54.